The zero-order valence-electron chi connectivity index (χ0n) is 13.5. The van der Waals surface area contributed by atoms with E-state index in [1.807, 2.05) is 37.3 Å². The standard InChI is InChI=1S/C17H16N4O4/c1-12(13-5-3-2-4-6-13)19-17(22)16-8-7-15(25-16)11-20-10-14(9-18-20)21(23)24/h2-10,12H,11H2,1H3,(H,19,22)/t12-/m1/s1. The van der Waals surface area contributed by atoms with Crippen molar-refractivity contribution in [1.29, 1.82) is 0 Å². The Bertz CT molecular complexity index is 885. The second-order valence-electron chi connectivity index (χ2n) is 5.53. The number of hydrogen-bond acceptors (Lipinski definition) is 5. The number of benzene rings is 1. The molecule has 3 aromatic rings. The van der Waals surface area contributed by atoms with Crippen LogP contribution < -0.4 is 5.32 Å². The lowest BCUT2D eigenvalue weighted by Gasteiger charge is -2.13. The first-order valence-electron chi connectivity index (χ1n) is 7.64. The van der Waals surface area contributed by atoms with Gasteiger partial charge in [-0.05, 0) is 24.6 Å². The fourth-order valence-corrected chi connectivity index (χ4v) is 2.37. The maximum atomic E-state index is 12.3. The first-order valence-corrected chi connectivity index (χ1v) is 7.64. The Labute approximate surface area is 143 Å². The first-order chi connectivity index (χ1) is 12.0. The molecule has 3 rings (SSSR count). The average molecular weight is 340 g/mol. The second-order valence-corrected chi connectivity index (χ2v) is 5.53. The molecule has 128 valence electrons. The van der Waals surface area contributed by atoms with Crippen molar-refractivity contribution >= 4 is 11.6 Å². The Morgan fingerprint density at radius 2 is 2.08 bits per heavy atom. The zero-order valence-corrected chi connectivity index (χ0v) is 13.5. The molecule has 1 N–H and O–H groups in total. The molecule has 1 aromatic carbocycles. The molecule has 1 atom stereocenters. The summed E-state index contributed by atoms with van der Waals surface area (Å²) >= 11 is 0. The SMILES string of the molecule is C[C@@H](NC(=O)c1ccc(Cn2cc([N+](=O)[O-])cn2)o1)c1ccccc1. The van der Waals surface area contributed by atoms with E-state index in [-0.39, 0.29) is 29.9 Å². The Kier molecular flexibility index (Phi) is 4.60. The van der Waals surface area contributed by atoms with Crippen LogP contribution in [-0.4, -0.2) is 20.6 Å². The Morgan fingerprint density at radius 1 is 1.32 bits per heavy atom. The van der Waals surface area contributed by atoms with E-state index in [2.05, 4.69) is 10.4 Å². The normalized spacial score (nSPS) is 11.9. The average Bonchev–Trinajstić information content (AvgIpc) is 3.26. The number of hydrogen-bond donors (Lipinski definition) is 1. The Hall–Kier alpha value is -3.42. The number of nitro groups is 1. The number of nitrogens with zero attached hydrogens (tertiary/aromatic N) is 3. The van der Waals surface area contributed by atoms with E-state index in [1.54, 1.807) is 12.1 Å². The van der Waals surface area contributed by atoms with Crippen molar-refractivity contribution in [2.45, 2.75) is 19.5 Å². The van der Waals surface area contributed by atoms with Crippen LogP contribution in [0.25, 0.3) is 0 Å². The molecule has 8 nitrogen and oxygen atoms in total. The summed E-state index contributed by atoms with van der Waals surface area (Å²) in [6.45, 7) is 2.09. The lowest BCUT2D eigenvalue weighted by molar-refractivity contribution is -0.385. The maximum absolute atomic E-state index is 12.3. The van der Waals surface area contributed by atoms with Gasteiger partial charge in [0.2, 0.25) is 0 Å². The quantitative estimate of drug-likeness (QED) is 0.549. The molecule has 0 radical (unpaired) electrons. The molecule has 0 spiro atoms. The van der Waals surface area contributed by atoms with Gasteiger partial charge < -0.3 is 9.73 Å². The summed E-state index contributed by atoms with van der Waals surface area (Å²) < 4.78 is 6.89. The van der Waals surface area contributed by atoms with Crippen molar-refractivity contribution in [3.63, 3.8) is 0 Å². The van der Waals surface area contributed by atoms with Crippen LogP contribution in [0.3, 0.4) is 0 Å². The summed E-state index contributed by atoms with van der Waals surface area (Å²) in [6, 6.07) is 12.7. The van der Waals surface area contributed by atoms with Crippen LogP contribution in [0.15, 0.2) is 59.3 Å². The van der Waals surface area contributed by atoms with Crippen LogP contribution in [0, 0.1) is 10.1 Å². The molecule has 0 aliphatic rings. The Balaban J connectivity index is 1.64. The predicted molar refractivity (Wildman–Crippen MR) is 89.0 cm³/mol. The van der Waals surface area contributed by atoms with Crippen LogP contribution in [0.4, 0.5) is 5.69 Å². The van der Waals surface area contributed by atoms with E-state index in [1.165, 1.54) is 10.9 Å². The second kappa shape index (κ2) is 7.00. The van der Waals surface area contributed by atoms with Crippen LogP contribution in [0.1, 0.15) is 34.8 Å². The van der Waals surface area contributed by atoms with Gasteiger partial charge in [0.1, 0.15) is 18.2 Å². The summed E-state index contributed by atoms with van der Waals surface area (Å²) in [7, 11) is 0. The molecular weight excluding hydrogens is 324 g/mol. The van der Waals surface area contributed by atoms with Gasteiger partial charge in [-0.1, -0.05) is 30.3 Å². The Morgan fingerprint density at radius 3 is 2.76 bits per heavy atom. The number of aromatic nitrogens is 2. The third-order valence-electron chi connectivity index (χ3n) is 3.68. The third kappa shape index (κ3) is 3.92. The number of carbonyl (C=O) groups excluding carboxylic acids is 1. The molecule has 0 saturated heterocycles. The molecule has 1 amide bonds. The molecule has 0 fully saturated rings. The van der Waals surface area contributed by atoms with Gasteiger partial charge in [0.15, 0.2) is 5.76 Å². The third-order valence-corrected chi connectivity index (χ3v) is 3.68. The van der Waals surface area contributed by atoms with Crippen LogP contribution in [0.2, 0.25) is 0 Å². The molecule has 25 heavy (non-hydrogen) atoms. The van der Waals surface area contributed by atoms with E-state index < -0.39 is 4.92 Å². The van der Waals surface area contributed by atoms with Crippen molar-refractivity contribution in [2.75, 3.05) is 0 Å². The molecule has 0 aliphatic heterocycles. The maximum Gasteiger partial charge on any atom is 0.307 e. The highest BCUT2D eigenvalue weighted by Gasteiger charge is 2.16. The van der Waals surface area contributed by atoms with Gasteiger partial charge in [0.25, 0.3) is 5.91 Å². The highest BCUT2D eigenvalue weighted by Crippen LogP contribution is 2.15. The van der Waals surface area contributed by atoms with Crippen LogP contribution in [-0.2, 0) is 6.54 Å². The summed E-state index contributed by atoms with van der Waals surface area (Å²) in [4.78, 5) is 22.4. The molecule has 0 aliphatic carbocycles. The fraction of sp³-hybridized carbons (Fsp3) is 0.176. The lowest BCUT2D eigenvalue weighted by atomic mass is 10.1. The van der Waals surface area contributed by atoms with E-state index in [9.17, 15) is 14.9 Å². The number of furan rings is 1. The number of amides is 1. The summed E-state index contributed by atoms with van der Waals surface area (Å²) in [5, 5.41) is 17.4. The zero-order chi connectivity index (χ0) is 17.8. The fourth-order valence-electron chi connectivity index (χ4n) is 2.37. The highest BCUT2D eigenvalue weighted by atomic mass is 16.6. The minimum atomic E-state index is -0.518. The van der Waals surface area contributed by atoms with E-state index in [4.69, 9.17) is 4.42 Å². The van der Waals surface area contributed by atoms with E-state index in [0.29, 0.717) is 5.76 Å². The molecule has 0 unspecified atom stereocenters. The van der Waals surface area contributed by atoms with Gasteiger partial charge in [-0.2, -0.15) is 5.10 Å². The molecule has 2 aromatic heterocycles. The van der Waals surface area contributed by atoms with Crippen LogP contribution >= 0.6 is 0 Å². The summed E-state index contributed by atoms with van der Waals surface area (Å²) in [6.07, 6.45) is 2.47. The smallest absolute Gasteiger partial charge is 0.307 e. The molecule has 0 saturated carbocycles. The minimum absolute atomic E-state index is 0.0961. The number of rotatable bonds is 6. The molecule has 8 heteroatoms. The van der Waals surface area contributed by atoms with Gasteiger partial charge >= 0.3 is 5.69 Å². The predicted octanol–water partition coefficient (Wildman–Crippen LogP) is 2.92. The molecule has 2 heterocycles. The van der Waals surface area contributed by atoms with Crippen LogP contribution in [0.5, 0.6) is 0 Å². The molecular formula is C17H16N4O4. The summed E-state index contributed by atoms with van der Waals surface area (Å²) in [5.74, 6) is 0.337. The van der Waals surface area contributed by atoms with Crippen molar-refractivity contribution in [2.24, 2.45) is 0 Å². The van der Waals surface area contributed by atoms with Crippen molar-refractivity contribution < 1.29 is 14.1 Å². The van der Waals surface area contributed by atoms with Gasteiger partial charge in [-0.25, -0.2) is 0 Å². The van der Waals surface area contributed by atoms with Gasteiger partial charge in [0, 0.05) is 0 Å². The van der Waals surface area contributed by atoms with Gasteiger partial charge in [-0.15, -0.1) is 0 Å². The largest absolute Gasteiger partial charge is 0.454 e. The van der Waals surface area contributed by atoms with Crippen molar-refractivity contribution in [1.82, 2.24) is 15.1 Å². The minimum Gasteiger partial charge on any atom is -0.454 e. The first kappa shape index (κ1) is 16.4. The summed E-state index contributed by atoms with van der Waals surface area (Å²) in [5.41, 5.74) is 0.896. The van der Waals surface area contributed by atoms with E-state index in [0.717, 1.165) is 11.8 Å². The van der Waals surface area contributed by atoms with E-state index >= 15 is 0 Å². The topological polar surface area (TPSA) is 103 Å². The monoisotopic (exact) mass is 340 g/mol. The van der Waals surface area contributed by atoms with Gasteiger partial charge in [0.05, 0.1) is 17.5 Å². The molecule has 0 bridgehead atoms. The highest BCUT2D eigenvalue weighted by molar-refractivity contribution is 5.91. The van der Waals surface area contributed by atoms with Crippen molar-refractivity contribution in [3.8, 4) is 0 Å². The van der Waals surface area contributed by atoms with Gasteiger partial charge in [-0.3, -0.25) is 19.6 Å². The number of carbonyl (C=O) groups is 1. The lowest BCUT2D eigenvalue weighted by Crippen LogP contribution is -2.26. The van der Waals surface area contributed by atoms with Crippen molar-refractivity contribution in [3.05, 3.63) is 82.1 Å². The number of nitrogens with one attached hydrogen (secondary N) is 1.